The number of aryl methyl sites for hydroxylation is 1. The van der Waals surface area contributed by atoms with Crippen LogP contribution in [0.15, 0.2) is 30.5 Å². The number of nitrogens with zero attached hydrogens (tertiary/aromatic N) is 3. The van der Waals surface area contributed by atoms with Crippen LogP contribution in [0.2, 0.25) is 0 Å². The summed E-state index contributed by atoms with van der Waals surface area (Å²) in [7, 11) is 3.75. The van der Waals surface area contributed by atoms with E-state index in [9.17, 15) is 0 Å². The number of aromatic nitrogens is 2. The van der Waals surface area contributed by atoms with Crippen molar-refractivity contribution in [1.29, 1.82) is 0 Å². The molecule has 25 heavy (non-hydrogen) atoms. The zero-order chi connectivity index (χ0) is 17.2. The molecule has 0 unspecified atom stereocenters. The van der Waals surface area contributed by atoms with Crippen LogP contribution >= 0.6 is 0 Å². The van der Waals surface area contributed by atoms with Gasteiger partial charge in [-0.2, -0.15) is 5.10 Å². The third-order valence-electron chi connectivity index (χ3n) is 5.26. The Kier molecular flexibility index (Phi) is 4.77. The minimum absolute atomic E-state index is 0.397. The van der Waals surface area contributed by atoms with Crippen LogP contribution in [-0.2, 0) is 24.9 Å². The number of methoxy groups -OCH3 is 1. The van der Waals surface area contributed by atoms with Crippen LogP contribution in [-0.4, -0.2) is 41.5 Å². The second-order valence-electron chi connectivity index (χ2n) is 7.37. The zero-order valence-corrected chi connectivity index (χ0v) is 15.1. The number of hydrogen-bond donors (Lipinski definition) is 0. The first-order valence-corrected chi connectivity index (χ1v) is 9.16. The summed E-state index contributed by atoms with van der Waals surface area (Å²) >= 11 is 0. The molecule has 0 saturated heterocycles. The van der Waals surface area contributed by atoms with Crippen LogP contribution in [0.3, 0.4) is 0 Å². The summed E-state index contributed by atoms with van der Waals surface area (Å²) in [6.45, 7) is 4.62. The van der Waals surface area contributed by atoms with Crippen LogP contribution in [0.5, 0.6) is 5.75 Å². The summed E-state index contributed by atoms with van der Waals surface area (Å²) in [6.07, 6.45) is 4.69. The minimum atomic E-state index is 0.397. The predicted octanol–water partition coefficient (Wildman–Crippen LogP) is 2.95. The third kappa shape index (κ3) is 3.88. The lowest BCUT2D eigenvalue weighted by atomic mass is 9.96. The maximum atomic E-state index is 6.02. The average molecular weight is 341 g/mol. The van der Waals surface area contributed by atoms with Crippen LogP contribution in [0, 0.1) is 5.92 Å². The van der Waals surface area contributed by atoms with Gasteiger partial charge in [0.2, 0.25) is 0 Å². The Hall–Kier alpha value is -1.85. The molecule has 0 bridgehead atoms. The molecule has 0 spiro atoms. The molecule has 1 aromatic carbocycles. The number of hydrogen-bond acceptors (Lipinski definition) is 4. The van der Waals surface area contributed by atoms with E-state index in [0.29, 0.717) is 5.92 Å². The highest BCUT2D eigenvalue weighted by molar-refractivity contribution is 5.29. The van der Waals surface area contributed by atoms with Gasteiger partial charge in [0.15, 0.2) is 0 Å². The molecule has 1 saturated carbocycles. The number of fused-ring (bicyclic) bond motifs is 1. The van der Waals surface area contributed by atoms with Gasteiger partial charge in [-0.05, 0) is 36.5 Å². The highest BCUT2D eigenvalue weighted by atomic mass is 16.5. The number of benzene rings is 1. The third-order valence-corrected chi connectivity index (χ3v) is 5.26. The van der Waals surface area contributed by atoms with Gasteiger partial charge in [0.1, 0.15) is 5.75 Å². The van der Waals surface area contributed by atoms with E-state index in [2.05, 4.69) is 22.1 Å². The molecule has 0 radical (unpaired) electrons. The van der Waals surface area contributed by atoms with E-state index in [0.717, 1.165) is 44.5 Å². The van der Waals surface area contributed by atoms with E-state index < -0.39 is 0 Å². The molecule has 5 nitrogen and oxygen atoms in total. The molecular weight excluding hydrogens is 314 g/mol. The molecule has 4 rings (SSSR count). The van der Waals surface area contributed by atoms with Crippen molar-refractivity contribution in [2.24, 2.45) is 13.0 Å². The van der Waals surface area contributed by atoms with Gasteiger partial charge in [0.05, 0.1) is 19.9 Å². The zero-order valence-electron chi connectivity index (χ0n) is 15.1. The lowest BCUT2D eigenvalue weighted by Crippen LogP contribution is -2.35. The molecule has 0 amide bonds. The normalized spacial score (nSPS) is 20.5. The Morgan fingerprint density at radius 2 is 1.96 bits per heavy atom. The van der Waals surface area contributed by atoms with Crippen molar-refractivity contribution in [2.75, 3.05) is 26.9 Å². The Morgan fingerprint density at radius 3 is 2.68 bits per heavy atom. The molecule has 134 valence electrons. The second-order valence-corrected chi connectivity index (χ2v) is 7.37. The van der Waals surface area contributed by atoms with Crippen molar-refractivity contribution in [1.82, 2.24) is 14.7 Å². The summed E-state index contributed by atoms with van der Waals surface area (Å²) in [5.41, 5.74) is 4.00. The maximum Gasteiger partial charge on any atom is 0.118 e. The van der Waals surface area contributed by atoms with Crippen LogP contribution in [0.25, 0.3) is 0 Å². The van der Waals surface area contributed by atoms with Crippen LogP contribution < -0.4 is 4.74 Å². The average Bonchev–Trinajstić information content (AvgIpc) is 3.37. The van der Waals surface area contributed by atoms with Gasteiger partial charge in [0, 0.05) is 50.5 Å². The smallest absolute Gasteiger partial charge is 0.118 e. The Morgan fingerprint density at radius 1 is 1.16 bits per heavy atom. The van der Waals surface area contributed by atoms with E-state index in [4.69, 9.17) is 9.47 Å². The molecule has 2 aromatic rings. The molecule has 0 N–H and O–H groups in total. The molecular formula is C20H27N3O2. The summed E-state index contributed by atoms with van der Waals surface area (Å²) in [5.74, 6) is 2.11. The van der Waals surface area contributed by atoms with Gasteiger partial charge < -0.3 is 9.47 Å². The fraction of sp³-hybridized carbons (Fsp3) is 0.550. The summed E-state index contributed by atoms with van der Waals surface area (Å²) in [6, 6.07) is 8.36. The van der Waals surface area contributed by atoms with Gasteiger partial charge in [-0.15, -0.1) is 0 Å². The molecule has 1 aliphatic heterocycles. The van der Waals surface area contributed by atoms with Crippen molar-refractivity contribution in [2.45, 2.75) is 31.8 Å². The molecule has 1 aromatic heterocycles. The Balaban J connectivity index is 1.44. The minimum Gasteiger partial charge on any atom is -0.497 e. The van der Waals surface area contributed by atoms with Crippen molar-refractivity contribution in [3.8, 4) is 5.75 Å². The summed E-state index contributed by atoms with van der Waals surface area (Å²) in [5, 5.41) is 4.49. The quantitative estimate of drug-likeness (QED) is 0.776. The van der Waals surface area contributed by atoms with E-state index in [1.165, 1.54) is 29.7 Å². The van der Waals surface area contributed by atoms with Crippen LogP contribution in [0.4, 0.5) is 0 Å². The Labute approximate surface area is 149 Å². The summed E-state index contributed by atoms with van der Waals surface area (Å²) < 4.78 is 13.3. The lowest BCUT2D eigenvalue weighted by molar-refractivity contribution is 0.0870. The predicted molar refractivity (Wildman–Crippen MR) is 96.6 cm³/mol. The van der Waals surface area contributed by atoms with Crippen molar-refractivity contribution in [3.05, 3.63) is 47.3 Å². The molecule has 1 fully saturated rings. The van der Waals surface area contributed by atoms with E-state index in [1.54, 1.807) is 7.11 Å². The number of rotatable bonds is 7. The first-order chi connectivity index (χ1) is 12.2. The van der Waals surface area contributed by atoms with Gasteiger partial charge in [-0.1, -0.05) is 12.1 Å². The highest BCUT2D eigenvalue weighted by Crippen LogP contribution is 2.32. The molecule has 1 aliphatic carbocycles. The highest BCUT2D eigenvalue weighted by Gasteiger charge is 2.29. The summed E-state index contributed by atoms with van der Waals surface area (Å²) in [4.78, 5) is 2.50. The van der Waals surface area contributed by atoms with Crippen LogP contribution in [0.1, 0.15) is 35.6 Å². The largest absolute Gasteiger partial charge is 0.497 e. The first-order valence-electron chi connectivity index (χ1n) is 9.16. The van der Waals surface area contributed by atoms with Crippen molar-refractivity contribution in [3.63, 3.8) is 0 Å². The molecule has 2 heterocycles. The standard InChI is InChI=1S/C20H27N3O2/c1-22-20-17(9-21-22)11-23(10-15-5-7-19(24-2)8-6-15)12-18(20)14-25-13-16-3-4-16/h5-9,16,18H,3-4,10-14H2,1-2H3/t18-/m1/s1. The maximum absolute atomic E-state index is 6.02. The Bertz CT molecular complexity index is 706. The lowest BCUT2D eigenvalue weighted by Gasteiger charge is -2.33. The van der Waals surface area contributed by atoms with Gasteiger partial charge in [0.25, 0.3) is 0 Å². The topological polar surface area (TPSA) is 39.5 Å². The fourth-order valence-electron chi connectivity index (χ4n) is 3.75. The van der Waals surface area contributed by atoms with E-state index in [1.807, 2.05) is 30.1 Å². The van der Waals surface area contributed by atoms with Gasteiger partial charge in [-0.3, -0.25) is 9.58 Å². The van der Waals surface area contributed by atoms with Gasteiger partial charge >= 0.3 is 0 Å². The van der Waals surface area contributed by atoms with Gasteiger partial charge in [-0.25, -0.2) is 0 Å². The fourth-order valence-corrected chi connectivity index (χ4v) is 3.75. The SMILES string of the molecule is COc1ccc(CN2Cc3cnn(C)c3[C@@H](COCC3CC3)C2)cc1. The van der Waals surface area contributed by atoms with E-state index >= 15 is 0 Å². The second kappa shape index (κ2) is 7.18. The van der Waals surface area contributed by atoms with E-state index in [-0.39, 0.29) is 0 Å². The number of ether oxygens (including phenoxy) is 2. The monoisotopic (exact) mass is 341 g/mol. The molecule has 1 atom stereocenters. The first kappa shape index (κ1) is 16.6. The van der Waals surface area contributed by atoms with Crippen molar-refractivity contribution >= 4 is 0 Å². The van der Waals surface area contributed by atoms with Crippen molar-refractivity contribution < 1.29 is 9.47 Å². The molecule has 5 heteroatoms. The molecule has 2 aliphatic rings.